The van der Waals surface area contributed by atoms with E-state index in [-0.39, 0.29) is 5.60 Å². The number of hydrogen-bond donors (Lipinski definition) is 0. The van der Waals surface area contributed by atoms with Crippen LogP contribution in [0.1, 0.15) is 33.6 Å². The number of rotatable bonds is 5. The Morgan fingerprint density at radius 3 is 2.64 bits per heavy atom. The lowest BCUT2D eigenvalue weighted by Crippen LogP contribution is -2.34. The maximum Gasteiger partial charge on any atom is 0.0710 e. The van der Waals surface area contributed by atoms with Crippen molar-refractivity contribution in [2.75, 3.05) is 25.5 Å². The van der Waals surface area contributed by atoms with E-state index in [0.717, 1.165) is 19.6 Å². The summed E-state index contributed by atoms with van der Waals surface area (Å²) in [5.74, 6) is 0.712. The molecule has 0 bridgehead atoms. The van der Waals surface area contributed by atoms with E-state index in [1.165, 1.54) is 12.8 Å². The zero-order valence-corrected chi connectivity index (χ0v) is 10.3. The van der Waals surface area contributed by atoms with Crippen LogP contribution in [0.3, 0.4) is 0 Å². The van der Waals surface area contributed by atoms with E-state index in [1.54, 1.807) is 0 Å². The third-order valence-electron chi connectivity index (χ3n) is 2.86. The van der Waals surface area contributed by atoms with Gasteiger partial charge < -0.3 is 4.74 Å². The number of halogens is 1. The number of hydrogen-bond acceptors (Lipinski definition) is 2. The molecule has 0 saturated carbocycles. The highest BCUT2D eigenvalue weighted by Crippen LogP contribution is 2.29. The van der Waals surface area contributed by atoms with Crippen molar-refractivity contribution >= 4 is 11.6 Å². The second kappa shape index (κ2) is 5.34. The molecule has 0 aromatic heterocycles. The molecule has 0 radical (unpaired) electrons. The summed E-state index contributed by atoms with van der Waals surface area (Å²) in [6.07, 6.45) is 2.77. The molecular formula is C11H22ClNO. The molecule has 0 amide bonds. The van der Waals surface area contributed by atoms with E-state index in [9.17, 15) is 0 Å². The van der Waals surface area contributed by atoms with Gasteiger partial charge in [-0.3, -0.25) is 4.90 Å². The summed E-state index contributed by atoms with van der Waals surface area (Å²) in [6, 6.07) is 0. The summed E-state index contributed by atoms with van der Waals surface area (Å²) in [5.41, 5.74) is 0.0883. The minimum absolute atomic E-state index is 0.0883. The minimum Gasteiger partial charge on any atom is -0.371 e. The molecule has 1 aliphatic heterocycles. The van der Waals surface area contributed by atoms with Gasteiger partial charge in [-0.15, -0.1) is 11.6 Å². The van der Waals surface area contributed by atoms with Gasteiger partial charge in [0.1, 0.15) is 0 Å². The summed E-state index contributed by atoms with van der Waals surface area (Å²) in [7, 11) is 0. The van der Waals surface area contributed by atoms with Gasteiger partial charge in [-0.1, -0.05) is 6.92 Å². The Kier molecular flexibility index (Phi) is 4.68. The second-order valence-electron chi connectivity index (χ2n) is 4.62. The molecule has 14 heavy (non-hydrogen) atoms. The van der Waals surface area contributed by atoms with Crippen molar-refractivity contribution in [3.05, 3.63) is 0 Å². The van der Waals surface area contributed by atoms with Gasteiger partial charge in [-0.2, -0.15) is 0 Å². The van der Waals surface area contributed by atoms with Crippen molar-refractivity contribution in [2.45, 2.75) is 45.3 Å². The average molecular weight is 220 g/mol. The molecule has 2 nitrogen and oxygen atoms in total. The van der Waals surface area contributed by atoms with Crippen LogP contribution in [0.25, 0.3) is 0 Å². The summed E-state index contributed by atoms with van der Waals surface area (Å²) in [4.78, 5) is 2.36. The SMILES string of the molecule is CCN(CCCl)CC1CCC(C)(C)O1. The third kappa shape index (κ3) is 3.76. The fourth-order valence-electron chi connectivity index (χ4n) is 1.99. The van der Waals surface area contributed by atoms with Crippen molar-refractivity contribution in [3.63, 3.8) is 0 Å². The predicted octanol–water partition coefficient (Wildman–Crippen LogP) is 2.50. The summed E-state index contributed by atoms with van der Waals surface area (Å²) < 4.78 is 5.94. The van der Waals surface area contributed by atoms with Crippen LogP contribution in [0.15, 0.2) is 0 Å². The molecule has 1 rings (SSSR count). The summed E-state index contributed by atoms with van der Waals surface area (Å²) in [6.45, 7) is 9.58. The summed E-state index contributed by atoms with van der Waals surface area (Å²) >= 11 is 5.73. The van der Waals surface area contributed by atoms with Gasteiger partial charge in [-0.25, -0.2) is 0 Å². The van der Waals surface area contributed by atoms with E-state index in [1.807, 2.05) is 0 Å². The van der Waals surface area contributed by atoms with Crippen LogP contribution in [0.5, 0.6) is 0 Å². The van der Waals surface area contributed by atoms with Crippen molar-refractivity contribution in [3.8, 4) is 0 Å². The van der Waals surface area contributed by atoms with E-state index in [2.05, 4.69) is 25.7 Å². The number of likely N-dealkylation sites (N-methyl/N-ethyl adjacent to an activating group) is 1. The highest BCUT2D eigenvalue weighted by Gasteiger charge is 2.32. The Morgan fingerprint density at radius 1 is 1.50 bits per heavy atom. The highest BCUT2D eigenvalue weighted by molar-refractivity contribution is 6.18. The standard InChI is InChI=1S/C11H22ClNO/c1-4-13(8-7-12)9-10-5-6-11(2,3)14-10/h10H,4-9H2,1-3H3. The van der Waals surface area contributed by atoms with Crippen LogP contribution in [0.2, 0.25) is 0 Å². The molecule has 84 valence electrons. The Labute approximate surface area is 92.6 Å². The molecule has 1 fully saturated rings. The molecule has 0 N–H and O–H groups in total. The van der Waals surface area contributed by atoms with E-state index >= 15 is 0 Å². The largest absolute Gasteiger partial charge is 0.371 e. The zero-order valence-electron chi connectivity index (χ0n) is 9.55. The monoisotopic (exact) mass is 219 g/mol. The highest BCUT2D eigenvalue weighted by atomic mass is 35.5. The third-order valence-corrected chi connectivity index (χ3v) is 3.03. The van der Waals surface area contributed by atoms with Crippen LogP contribution >= 0.6 is 11.6 Å². The van der Waals surface area contributed by atoms with Crippen molar-refractivity contribution < 1.29 is 4.74 Å². The van der Waals surface area contributed by atoms with Crippen LogP contribution in [0, 0.1) is 0 Å². The smallest absolute Gasteiger partial charge is 0.0710 e. The molecule has 0 aromatic rings. The molecule has 1 saturated heterocycles. The number of alkyl halides is 1. The van der Waals surface area contributed by atoms with Crippen LogP contribution in [-0.2, 0) is 4.74 Å². The Hall–Kier alpha value is 0.210. The van der Waals surface area contributed by atoms with Gasteiger partial charge >= 0.3 is 0 Å². The van der Waals surface area contributed by atoms with Crippen molar-refractivity contribution in [1.82, 2.24) is 4.90 Å². The molecule has 1 atom stereocenters. The van der Waals surface area contributed by atoms with Gasteiger partial charge in [-0.05, 0) is 33.2 Å². The molecule has 3 heteroatoms. The van der Waals surface area contributed by atoms with Gasteiger partial charge in [0.2, 0.25) is 0 Å². The first-order valence-electron chi connectivity index (χ1n) is 5.53. The topological polar surface area (TPSA) is 12.5 Å². The number of nitrogens with zero attached hydrogens (tertiary/aromatic N) is 1. The molecule has 1 unspecified atom stereocenters. The molecule has 0 spiro atoms. The lowest BCUT2D eigenvalue weighted by atomic mass is 10.1. The maximum atomic E-state index is 5.94. The van der Waals surface area contributed by atoms with Crippen LogP contribution in [0.4, 0.5) is 0 Å². The Bertz CT molecular complexity index is 173. The molecular weight excluding hydrogens is 198 g/mol. The van der Waals surface area contributed by atoms with Crippen molar-refractivity contribution in [1.29, 1.82) is 0 Å². The normalized spacial score (nSPS) is 25.9. The first kappa shape index (κ1) is 12.3. The molecule has 1 heterocycles. The van der Waals surface area contributed by atoms with Gasteiger partial charge in [0.05, 0.1) is 11.7 Å². The lowest BCUT2D eigenvalue weighted by Gasteiger charge is -2.25. The fourth-order valence-corrected chi connectivity index (χ4v) is 2.23. The quantitative estimate of drug-likeness (QED) is 0.659. The lowest BCUT2D eigenvalue weighted by molar-refractivity contribution is -0.0275. The fraction of sp³-hybridized carbons (Fsp3) is 1.00. The zero-order chi connectivity index (χ0) is 10.6. The first-order chi connectivity index (χ1) is 6.57. The second-order valence-corrected chi connectivity index (χ2v) is 5.00. The molecule has 0 aromatic carbocycles. The average Bonchev–Trinajstić information content (AvgIpc) is 2.45. The van der Waals surface area contributed by atoms with Gasteiger partial charge in [0.25, 0.3) is 0 Å². The molecule has 0 aliphatic carbocycles. The van der Waals surface area contributed by atoms with E-state index < -0.39 is 0 Å². The van der Waals surface area contributed by atoms with E-state index in [4.69, 9.17) is 16.3 Å². The molecule has 1 aliphatic rings. The van der Waals surface area contributed by atoms with Gasteiger partial charge in [0, 0.05) is 19.0 Å². The van der Waals surface area contributed by atoms with Gasteiger partial charge in [0.15, 0.2) is 0 Å². The van der Waals surface area contributed by atoms with E-state index in [0.29, 0.717) is 12.0 Å². The Morgan fingerprint density at radius 2 is 2.21 bits per heavy atom. The Balaban J connectivity index is 2.30. The maximum absolute atomic E-state index is 5.94. The minimum atomic E-state index is 0.0883. The predicted molar refractivity (Wildman–Crippen MR) is 61.0 cm³/mol. The van der Waals surface area contributed by atoms with Crippen molar-refractivity contribution in [2.24, 2.45) is 0 Å². The van der Waals surface area contributed by atoms with Crippen LogP contribution < -0.4 is 0 Å². The number of ether oxygens (including phenoxy) is 1. The first-order valence-corrected chi connectivity index (χ1v) is 6.07. The summed E-state index contributed by atoms with van der Waals surface area (Å²) in [5, 5.41) is 0. The van der Waals surface area contributed by atoms with Crippen LogP contribution in [-0.4, -0.2) is 42.1 Å².